The van der Waals surface area contributed by atoms with Gasteiger partial charge in [0.2, 0.25) is 0 Å². The van der Waals surface area contributed by atoms with E-state index < -0.39 is 71.5 Å². The van der Waals surface area contributed by atoms with Gasteiger partial charge in [-0.05, 0) is 107 Å². The molecule has 1 amide bonds. The molecule has 43 heavy (non-hydrogen) atoms. The number of hydrogen-bond acceptors (Lipinski definition) is 9. The van der Waals surface area contributed by atoms with Gasteiger partial charge in [0, 0.05) is 0 Å². The van der Waals surface area contributed by atoms with Gasteiger partial charge in [0.1, 0.15) is 54.1 Å². The van der Waals surface area contributed by atoms with E-state index in [9.17, 15) is 18.8 Å². The fraction of sp³-hybridized carbons (Fsp3) is 0.719. The standard InChI is InChI=1S/C32H50FNO9/c1-29(2,3)41-26(35)21(17-23(27(36)42-30(4,5)6)34-28(37)43-31(7,8)9)16-20-12-14-22(15-13-20)38-19-25-24(18-33)39-32(10,11)40-25/h12-15,21,23-25H,16-19H2,1-11H3,(H,34,37)/t21-,23-,24-,25-/m0/s1. The molecule has 0 radical (unpaired) electrons. The summed E-state index contributed by atoms with van der Waals surface area (Å²) in [5.41, 5.74) is -1.62. The molecule has 1 aromatic rings. The van der Waals surface area contributed by atoms with Gasteiger partial charge in [0.25, 0.3) is 0 Å². The molecule has 0 saturated carbocycles. The van der Waals surface area contributed by atoms with Gasteiger partial charge in [-0.15, -0.1) is 0 Å². The van der Waals surface area contributed by atoms with Crippen LogP contribution in [0, 0.1) is 5.92 Å². The number of halogens is 1. The van der Waals surface area contributed by atoms with Crippen molar-refractivity contribution < 1.29 is 47.2 Å². The second-order valence-electron chi connectivity index (χ2n) is 14.2. The number of amides is 1. The van der Waals surface area contributed by atoms with Crippen molar-refractivity contribution in [3.8, 4) is 5.75 Å². The molecule has 244 valence electrons. The van der Waals surface area contributed by atoms with E-state index in [4.69, 9.17) is 28.4 Å². The Morgan fingerprint density at radius 1 is 0.837 bits per heavy atom. The Labute approximate surface area is 255 Å². The second kappa shape index (κ2) is 14.2. The Kier molecular flexibility index (Phi) is 12.0. The van der Waals surface area contributed by atoms with Gasteiger partial charge in [0.15, 0.2) is 5.79 Å². The van der Waals surface area contributed by atoms with E-state index in [1.165, 1.54) is 0 Å². The number of nitrogens with one attached hydrogen (secondary N) is 1. The first-order valence-electron chi connectivity index (χ1n) is 14.6. The smallest absolute Gasteiger partial charge is 0.408 e. The summed E-state index contributed by atoms with van der Waals surface area (Å²) in [6.45, 7) is 18.4. The van der Waals surface area contributed by atoms with Crippen molar-refractivity contribution in [1.29, 1.82) is 0 Å². The van der Waals surface area contributed by atoms with Crippen LogP contribution in [0.15, 0.2) is 24.3 Å². The molecule has 0 unspecified atom stereocenters. The fourth-order valence-corrected chi connectivity index (χ4v) is 4.33. The average molecular weight is 612 g/mol. The molecule has 1 aliphatic rings. The summed E-state index contributed by atoms with van der Waals surface area (Å²) < 4.78 is 47.1. The molecular formula is C32H50FNO9. The van der Waals surface area contributed by atoms with Crippen molar-refractivity contribution in [3.05, 3.63) is 29.8 Å². The first-order valence-corrected chi connectivity index (χ1v) is 14.6. The molecule has 1 aliphatic heterocycles. The van der Waals surface area contributed by atoms with E-state index >= 15 is 0 Å². The SMILES string of the molecule is CC(C)(C)OC(=O)N[C@@H](C[C@H](Cc1ccc(OC[C@@H]2OC(C)(C)O[C@H]2CF)cc1)C(=O)OC(C)(C)C)C(=O)OC(C)(C)C. The Morgan fingerprint density at radius 3 is 1.86 bits per heavy atom. The van der Waals surface area contributed by atoms with Crippen molar-refractivity contribution in [3.63, 3.8) is 0 Å². The fourth-order valence-electron chi connectivity index (χ4n) is 4.33. The van der Waals surface area contributed by atoms with E-state index in [0.29, 0.717) is 5.75 Å². The highest BCUT2D eigenvalue weighted by Crippen LogP contribution is 2.29. The summed E-state index contributed by atoms with van der Waals surface area (Å²) in [6, 6.07) is 5.88. The van der Waals surface area contributed by atoms with Crippen molar-refractivity contribution in [2.75, 3.05) is 13.3 Å². The minimum absolute atomic E-state index is 0.0826. The lowest BCUT2D eigenvalue weighted by atomic mass is 9.92. The minimum atomic E-state index is -1.17. The molecule has 0 bridgehead atoms. The van der Waals surface area contributed by atoms with Gasteiger partial charge in [-0.1, -0.05) is 12.1 Å². The van der Waals surface area contributed by atoms with Gasteiger partial charge in [-0.2, -0.15) is 0 Å². The molecule has 2 rings (SSSR count). The molecule has 4 atom stereocenters. The first kappa shape index (κ1) is 36.3. The summed E-state index contributed by atoms with van der Waals surface area (Å²) in [5.74, 6) is -2.38. The maximum Gasteiger partial charge on any atom is 0.408 e. The van der Waals surface area contributed by atoms with Crippen LogP contribution in [0.4, 0.5) is 9.18 Å². The monoisotopic (exact) mass is 611 g/mol. The Balaban J connectivity index is 2.22. The number of alkyl halides is 1. The third-order valence-corrected chi connectivity index (χ3v) is 5.90. The Bertz CT molecular complexity index is 1080. The normalized spacial score (nSPS) is 20.1. The molecule has 1 N–H and O–H groups in total. The largest absolute Gasteiger partial charge is 0.491 e. The molecular weight excluding hydrogens is 561 g/mol. The summed E-state index contributed by atoms with van der Waals surface area (Å²) >= 11 is 0. The number of benzene rings is 1. The van der Waals surface area contributed by atoms with E-state index in [1.807, 2.05) is 0 Å². The van der Waals surface area contributed by atoms with Gasteiger partial charge >= 0.3 is 18.0 Å². The van der Waals surface area contributed by atoms with Crippen LogP contribution in [-0.4, -0.2) is 72.2 Å². The molecule has 0 aromatic heterocycles. The summed E-state index contributed by atoms with van der Waals surface area (Å²) in [5, 5.41) is 2.58. The second-order valence-corrected chi connectivity index (χ2v) is 14.2. The number of alkyl carbamates (subject to hydrolysis) is 1. The average Bonchev–Trinajstić information content (AvgIpc) is 3.12. The zero-order valence-electron chi connectivity index (χ0n) is 27.5. The quantitative estimate of drug-likeness (QED) is 0.249. The Morgan fingerprint density at radius 2 is 1.35 bits per heavy atom. The molecule has 1 aromatic carbocycles. The number of carbonyl (C=O) groups is 3. The Hall–Kier alpha value is -2.92. The van der Waals surface area contributed by atoms with Gasteiger partial charge in [-0.3, -0.25) is 4.79 Å². The molecule has 0 aliphatic carbocycles. The van der Waals surface area contributed by atoms with Crippen LogP contribution in [0.3, 0.4) is 0 Å². The first-order chi connectivity index (χ1) is 19.6. The van der Waals surface area contributed by atoms with Crippen LogP contribution in [0.2, 0.25) is 0 Å². The third kappa shape index (κ3) is 13.5. The van der Waals surface area contributed by atoms with Crippen LogP contribution in [-0.2, 0) is 39.7 Å². The van der Waals surface area contributed by atoms with Crippen LogP contribution in [0.25, 0.3) is 0 Å². The van der Waals surface area contributed by atoms with Crippen molar-refractivity contribution >= 4 is 18.0 Å². The highest BCUT2D eigenvalue weighted by molar-refractivity contribution is 5.83. The lowest BCUT2D eigenvalue weighted by Gasteiger charge is -2.29. The van der Waals surface area contributed by atoms with E-state index in [1.54, 1.807) is 100 Å². The third-order valence-electron chi connectivity index (χ3n) is 5.90. The van der Waals surface area contributed by atoms with Gasteiger partial charge in [-0.25, -0.2) is 14.0 Å². The number of rotatable bonds is 11. The van der Waals surface area contributed by atoms with Crippen LogP contribution in [0.1, 0.15) is 88.1 Å². The van der Waals surface area contributed by atoms with Crippen LogP contribution < -0.4 is 10.1 Å². The molecule has 11 heteroatoms. The molecule has 0 spiro atoms. The van der Waals surface area contributed by atoms with E-state index in [0.717, 1.165) is 5.56 Å². The topological polar surface area (TPSA) is 119 Å². The maximum absolute atomic E-state index is 13.4. The zero-order chi connectivity index (χ0) is 32.8. The van der Waals surface area contributed by atoms with Crippen molar-refractivity contribution in [2.24, 2.45) is 5.92 Å². The summed E-state index contributed by atoms with van der Waals surface area (Å²) in [6.07, 6.45) is -1.94. The molecule has 10 nitrogen and oxygen atoms in total. The van der Waals surface area contributed by atoms with E-state index in [-0.39, 0.29) is 19.4 Å². The molecule has 1 heterocycles. The lowest BCUT2D eigenvalue weighted by molar-refractivity contribution is -0.162. The molecule has 1 saturated heterocycles. The maximum atomic E-state index is 13.4. The number of carbonyl (C=O) groups excluding carboxylic acids is 3. The predicted octanol–water partition coefficient (Wildman–Crippen LogP) is 5.68. The zero-order valence-corrected chi connectivity index (χ0v) is 27.5. The highest BCUT2D eigenvalue weighted by Gasteiger charge is 2.42. The van der Waals surface area contributed by atoms with Crippen molar-refractivity contribution in [1.82, 2.24) is 5.32 Å². The summed E-state index contributed by atoms with van der Waals surface area (Å²) in [7, 11) is 0. The lowest BCUT2D eigenvalue weighted by Crippen LogP contribution is -2.48. The molecule has 1 fully saturated rings. The predicted molar refractivity (Wildman–Crippen MR) is 158 cm³/mol. The number of ether oxygens (including phenoxy) is 6. The van der Waals surface area contributed by atoms with Gasteiger partial charge < -0.3 is 33.7 Å². The van der Waals surface area contributed by atoms with Crippen LogP contribution >= 0.6 is 0 Å². The van der Waals surface area contributed by atoms with Gasteiger partial charge in [0.05, 0.1) is 5.92 Å². The number of esters is 2. The highest BCUT2D eigenvalue weighted by atomic mass is 19.1. The minimum Gasteiger partial charge on any atom is -0.491 e. The van der Waals surface area contributed by atoms with Crippen molar-refractivity contribution in [2.45, 2.75) is 130 Å². The van der Waals surface area contributed by atoms with Crippen LogP contribution in [0.5, 0.6) is 5.75 Å². The van der Waals surface area contributed by atoms with E-state index in [2.05, 4.69) is 5.32 Å². The summed E-state index contributed by atoms with van der Waals surface area (Å²) in [4.78, 5) is 39.2. The number of hydrogen-bond donors (Lipinski definition) is 1.